The van der Waals surface area contributed by atoms with Gasteiger partial charge in [-0.05, 0) is 42.8 Å². The Hall–Kier alpha value is -1.55. The second-order valence-corrected chi connectivity index (χ2v) is 4.79. The SMILES string of the molecule is Cc1cc(Br)cc(NCc2ccc(O)cn2)c1. The van der Waals surface area contributed by atoms with E-state index in [-0.39, 0.29) is 5.75 Å². The van der Waals surface area contributed by atoms with Gasteiger partial charge in [-0.3, -0.25) is 4.98 Å². The summed E-state index contributed by atoms with van der Waals surface area (Å²) in [7, 11) is 0. The number of rotatable bonds is 3. The molecule has 0 saturated heterocycles. The van der Waals surface area contributed by atoms with Gasteiger partial charge in [-0.25, -0.2) is 0 Å². The topological polar surface area (TPSA) is 45.1 Å². The van der Waals surface area contributed by atoms with E-state index in [1.54, 1.807) is 12.1 Å². The minimum Gasteiger partial charge on any atom is -0.506 e. The normalized spacial score (nSPS) is 10.2. The van der Waals surface area contributed by atoms with Crippen LogP contribution in [0.1, 0.15) is 11.3 Å². The van der Waals surface area contributed by atoms with Crippen molar-refractivity contribution in [1.29, 1.82) is 0 Å². The van der Waals surface area contributed by atoms with Crippen molar-refractivity contribution in [3.8, 4) is 5.75 Å². The van der Waals surface area contributed by atoms with Crippen LogP contribution >= 0.6 is 15.9 Å². The highest BCUT2D eigenvalue weighted by Crippen LogP contribution is 2.19. The highest BCUT2D eigenvalue weighted by Gasteiger charge is 1.98. The Morgan fingerprint density at radius 1 is 1.29 bits per heavy atom. The molecule has 88 valence electrons. The van der Waals surface area contributed by atoms with Crippen LogP contribution < -0.4 is 5.32 Å². The van der Waals surface area contributed by atoms with E-state index in [1.165, 1.54) is 11.8 Å². The van der Waals surface area contributed by atoms with Gasteiger partial charge in [-0.2, -0.15) is 0 Å². The number of aryl methyl sites for hydroxylation is 1. The molecule has 0 unspecified atom stereocenters. The molecule has 0 aliphatic rings. The predicted octanol–water partition coefficient (Wildman–Crippen LogP) is 3.47. The quantitative estimate of drug-likeness (QED) is 0.910. The molecule has 2 rings (SSSR count). The Bertz CT molecular complexity index is 491. The molecular weight excluding hydrogens is 280 g/mol. The molecule has 0 saturated carbocycles. The molecule has 0 aliphatic carbocycles. The first-order chi connectivity index (χ1) is 8.13. The van der Waals surface area contributed by atoms with E-state index in [0.717, 1.165) is 15.9 Å². The minimum absolute atomic E-state index is 0.187. The largest absolute Gasteiger partial charge is 0.506 e. The fourth-order valence-electron chi connectivity index (χ4n) is 1.55. The average molecular weight is 293 g/mol. The number of aromatic hydroxyl groups is 1. The molecule has 1 aromatic carbocycles. The van der Waals surface area contributed by atoms with Gasteiger partial charge in [0.25, 0.3) is 0 Å². The number of hydrogen-bond acceptors (Lipinski definition) is 3. The number of hydrogen-bond donors (Lipinski definition) is 2. The standard InChI is InChI=1S/C13H13BrN2O/c1-9-4-10(14)6-12(5-9)15-7-11-2-3-13(17)8-16-11/h2-6,8,15,17H,7H2,1H3. The van der Waals surface area contributed by atoms with E-state index in [1.807, 2.05) is 6.07 Å². The fourth-order valence-corrected chi connectivity index (χ4v) is 2.16. The Labute approximate surface area is 109 Å². The van der Waals surface area contributed by atoms with E-state index in [9.17, 15) is 0 Å². The zero-order valence-electron chi connectivity index (χ0n) is 9.44. The summed E-state index contributed by atoms with van der Waals surface area (Å²) in [5.74, 6) is 0.187. The van der Waals surface area contributed by atoms with Crippen molar-refractivity contribution >= 4 is 21.6 Å². The summed E-state index contributed by atoms with van der Waals surface area (Å²) in [6, 6.07) is 9.59. The predicted molar refractivity (Wildman–Crippen MR) is 72.1 cm³/mol. The highest BCUT2D eigenvalue weighted by atomic mass is 79.9. The molecular formula is C13H13BrN2O. The van der Waals surface area contributed by atoms with E-state index < -0.39 is 0 Å². The maximum atomic E-state index is 9.13. The maximum Gasteiger partial charge on any atom is 0.133 e. The third-order valence-corrected chi connectivity index (χ3v) is 2.78. The zero-order valence-corrected chi connectivity index (χ0v) is 11.0. The van der Waals surface area contributed by atoms with Gasteiger partial charge in [0.1, 0.15) is 5.75 Å². The minimum atomic E-state index is 0.187. The van der Waals surface area contributed by atoms with Crippen LogP contribution in [0.2, 0.25) is 0 Å². The van der Waals surface area contributed by atoms with Crippen LogP contribution in [0, 0.1) is 6.92 Å². The van der Waals surface area contributed by atoms with Crippen molar-refractivity contribution in [3.63, 3.8) is 0 Å². The number of nitrogens with one attached hydrogen (secondary N) is 1. The molecule has 0 fully saturated rings. The van der Waals surface area contributed by atoms with Gasteiger partial charge in [-0.15, -0.1) is 0 Å². The molecule has 3 nitrogen and oxygen atoms in total. The summed E-state index contributed by atoms with van der Waals surface area (Å²) in [6.07, 6.45) is 1.45. The first-order valence-electron chi connectivity index (χ1n) is 5.28. The Morgan fingerprint density at radius 2 is 2.12 bits per heavy atom. The zero-order chi connectivity index (χ0) is 12.3. The first kappa shape index (κ1) is 11.9. The van der Waals surface area contributed by atoms with Crippen molar-refractivity contribution in [2.45, 2.75) is 13.5 Å². The first-order valence-corrected chi connectivity index (χ1v) is 6.08. The third kappa shape index (κ3) is 3.46. The molecule has 1 heterocycles. The third-order valence-electron chi connectivity index (χ3n) is 2.32. The van der Waals surface area contributed by atoms with Gasteiger partial charge in [0.2, 0.25) is 0 Å². The molecule has 0 radical (unpaired) electrons. The fraction of sp³-hybridized carbons (Fsp3) is 0.154. The van der Waals surface area contributed by atoms with E-state index in [0.29, 0.717) is 6.54 Å². The van der Waals surface area contributed by atoms with Crippen molar-refractivity contribution in [2.24, 2.45) is 0 Å². The van der Waals surface area contributed by atoms with E-state index in [2.05, 4.69) is 45.3 Å². The summed E-state index contributed by atoms with van der Waals surface area (Å²) in [5, 5.41) is 12.4. The van der Waals surface area contributed by atoms with Gasteiger partial charge in [-0.1, -0.05) is 15.9 Å². The smallest absolute Gasteiger partial charge is 0.133 e. The Balaban J connectivity index is 2.04. The molecule has 0 atom stereocenters. The summed E-state index contributed by atoms with van der Waals surface area (Å²) in [4.78, 5) is 4.11. The highest BCUT2D eigenvalue weighted by molar-refractivity contribution is 9.10. The lowest BCUT2D eigenvalue weighted by Crippen LogP contribution is -2.01. The number of halogens is 1. The molecule has 0 bridgehead atoms. The maximum absolute atomic E-state index is 9.13. The van der Waals surface area contributed by atoms with Crippen molar-refractivity contribution in [3.05, 3.63) is 52.3 Å². The summed E-state index contributed by atoms with van der Waals surface area (Å²) in [5.41, 5.74) is 3.13. The Kier molecular flexibility index (Phi) is 3.64. The monoisotopic (exact) mass is 292 g/mol. The van der Waals surface area contributed by atoms with Crippen molar-refractivity contribution < 1.29 is 5.11 Å². The second kappa shape index (κ2) is 5.19. The number of nitrogens with zero attached hydrogens (tertiary/aromatic N) is 1. The van der Waals surface area contributed by atoms with Crippen LogP contribution in [0.15, 0.2) is 41.0 Å². The lowest BCUT2D eigenvalue weighted by Gasteiger charge is -2.07. The number of benzene rings is 1. The summed E-state index contributed by atoms with van der Waals surface area (Å²) >= 11 is 3.46. The van der Waals surface area contributed by atoms with Crippen LogP contribution in [0.5, 0.6) is 5.75 Å². The second-order valence-electron chi connectivity index (χ2n) is 3.88. The van der Waals surface area contributed by atoms with Crippen LogP contribution in [-0.2, 0) is 6.54 Å². The van der Waals surface area contributed by atoms with Crippen LogP contribution in [0.25, 0.3) is 0 Å². The number of anilines is 1. The number of aromatic nitrogens is 1. The molecule has 4 heteroatoms. The van der Waals surface area contributed by atoms with Gasteiger partial charge in [0, 0.05) is 10.2 Å². The van der Waals surface area contributed by atoms with Crippen LogP contribution in [-0.4, -0.2) is 10.1 Å². The number of pyridine rings is 1. The summed E-state index contributed by atoms with van der Waals surface area (Å²) < 4.78 is 1.05. The summed E-state index contributed by atoms with van der Waals surface area (Å²) in [6.45, 7) is 2.69. The Morgan fingerprint density at radius 3 is 2.76 bits per heavy atom. The molecule has 0 amide bonds. The molecule has 0 aliphatic heterocycles. The van der Waals surface area contributed by atoms with Crippen molar-refractivity contribution in [1.82, 2.24) is 4.98 Å². The van der Waals surface area contributed by atoms with Crippen LogP contribution in [0.3, 0.4) is 0 Å². The lowest BCUT2D eigenvalue weighted by molar-refractivity contribution is 0.472. The molecule has 1 aromatic heterocycles. The average Bonchev–Trinajstić information content (AvgIpc) is 2.27. The molecule has 2 aromatic rings. The van der Waals surface area contributed by atoms with Crippen molar-refractivity contribution in [2.75, 3.05) is 5.32 Å². The van der Waals surface area contributed by atoms with Gasteiger partial charge < -0.3 is 10.4 Å². The molecule has 2 N–H and O–H groups in total. The van der Waals surface area contributed by atoms with E-state index in [4.69, 9.17) is 5.11 Å². The van der Waals surface area contributed by atoms with Gasteiger partial charge in [0.15, 0.2) is 0 Å². The van der Waals surface area contributed by atoms with E-state index >= 15 is 0 Å². The lowest BCUT2D eigenvalue weighted by atomic mass is 10.2. The van der Waals surface area contributed by atoms with Gasteiger partial charge in [0.05, 0.1) is 18.4 Å². The molecule has 17 heavy (non-hydrogen) atoms. The van der Waals surface area contributed by atoms with Crippen LogP contribution in [0.4, 0.5) is 5.69 Å². The van der Waals surface area contributed by atoms with Gasteiger partial charge >= 0.3 is 0 Å². The molecule has 0 spiro atoms.